The maximum absolute atomic E-state index is 13.2. The Morgan fingerprint density at radius 1 is 1.17 bits per heavy atom. The number of thiazole rings is 1. The van der Waals surface area contributed by atoms with E-state index in [1.165, 1.54) is 24.3 Å². The smallest absolute Gasteiger partial charge is 0.312 e. The number of nitrogens with one attached hydrogen (secondary N) is 1. The number of nitrogens with zero attached hydrogens (tertiary/aromatic N) is 1. The summed E-state index contributed by atoms with van der Waals surface area (Å²) in [6.45, 7) is 3.38. The number of rotatable bonds is 6. The van der Waals surface area contributed by atoms with Crippen molar-refractivity contribution in [3.05, 3.63) is 70.7 Å². The minimum atomic E-state index is -1.11. The van der Waals surface area contributed by atoms with E-state index < -0.39 is 29.6 Å². The lowest BCUT2D eigenvalue weighted by Gasteiger charge is -2.13. The van der Waals surface area contributed by atoms with Crippen molar-refractivity contribution in [2.45, 2.75) is 26.4 Å². The van der Waals surface area contributed by atoms with Crippen LogP contribution >= 0.6 is 11.3 Å². The van der Waals surface area contributed by atoms with E-state index in [4.69, 9.17) is 4.74 Å². The molecule has 0 saturated carbocycles. The molecule has 0 saturated heterocycles. The van der Waals surface area contributed by atoms with Crippen LogP contribution in [0.3, 0.4) is 0 Å². The molecule has 0 bridgehead atoms. The average Bonchev–Trinajstić information content (AvgIpc) is 3.13. The number of halogens is 2. The summed E-state index contributed by atoms with van der Waals surface area (Å²) >= 11 is 1.42. The van der Waals surface area contributed by atoms with E-state index >= 15 is 0 Å². The summed E-state index contributed by atoms with van der Waals surface area (Å²) in [6, 6.07) is 10.8. The van der Waals surface area contributed by atoms with Gasteiger partial charge in [0.2, 0.25) is 0 Å². The van der Waals surface area contributed by atoms with Crippen molar-refractivity contribution >= 4 is 28.9 Å². The first kappa shape index (κ1) is 20.6. The Morgan fingerprint density at radius 3 is 2.69 bits per heavy atom. The van der Waals surface area contributed by atoms with Gasteiger partial charge in [-0.15, -0.1) is 11.3 Å². The Kier molecular flexibility index (Phi) is 6.33. The van der Waals surface area contributed by atoms with Crippen molar-refractivity contribution in [2.24, 2.45) is 0 Å². The van der Waals surface area contributed by atoms with Gasteiger partial charge in [0.25, 0.3) is 5.91 Å². The van der Waals surface area contributed by atoms with Crippen molar-refractivity contribution in [3.63, 3.8) is 0 Å². The van der Waals surface area contributed by atoms with Crippen LogP contribution in [0, 0.1) is 18.6 Å². The summed E-state index contributed by atoms with van der Waals surface area (Å²) in [4.78, 5) is 28.7. The van der Waals surface area contributed by atoms with Gasteiger partial charge in [0.15, 0.2) is 17.7 Å². The second kappa shape index (κ2) is 8.91. The lowest BCUT2D eigenvalue weighted by atomic mass is 10.1. The second-order valence-corrected chi connectivity index (χ2v) is 7.30. The maximum atomic E-state index is 13.2. The fourth-order valence-electron chi connectivity index (χ4n) is 2.56. The monoisotopic (exact) mass is 416 g/mol. The molecular weight excluding hydrogens is 398 g/mol. The van der Waals surface area contributed by atoms with Crippen LogP contribution in [0.15, 0.2) is 47.8 Å². The van der Waals surface area contributed by atoms with E-state index in [-0.39, 0.29) is 12.1 Å². The largest absolute Gasteiger partial charge is 0.452 e. The first-order valence-electron chi connectivity index (χ1n) is 8.78. The van der Waals surface area contributed by atoms with E-state index in [0.717, 1.165) is 28.3 Å². The number of anilines is 1. The second-order valence-electron chi connectivity index (χ2n) is 6.44. The highest BCUT2D eigenvalue weighted by Gasteiger charge is 2.19. The molecule has 1 N–H and O–H groups in total. The summed E-state index contributed by atoms with van der Waals surface area (Å²) in [5, 5.41) is 4.93. The van der Waals surface area contributed by atoms with E-state index in [9.17, 15) is 18.4 Å². The van der Waals surface area contributed by atoms with Gasteiger partial charge in [0.1, 0.15) is 5.01 Å². The molecule has 0 aliphatic carbocycles. The van der Waals surface area contributed by atoms with Gasteiger partial charge in [-0.1, -0.05) is 23.8 Å². The number of amides is 1. The topological polar surface area (TPSA) is 68.3 Å². The molecule has 0 aliphatic rings. The fourth-order valence-corrected chi connectivity index (χ4v) is 3.37. The quantitative estimate of drug-likeness (QED) is 0.601. The molecule has 0 spiro atoms. The molecule has 1 aromatic heterocycles. The lowest BCUT2D eigenvalue weighted by molar-refractivity contribution is -0.152. The van der Waals surface area contributed by atoms with Gasteiger partial charge in [0, 0.05) is 22.7 Å². The lowest BCUT2D eigenvalue weighted by Crippen LogP contribution is -2.30. The first-order chi connectivity index (χ1) is 13.8. The van der Waals surface area contributed by atoms with Crippen LogP contribution in [-0.2, 0) is 20.7 Å². The van der Waals surface area contributed by atoms with Crippen LogP contribution in [0.5, 0.6) is 0 Å². The highest BCUT2D eigenvalue weighted by molar-refractivity contribution is 7.13. The molecule has 150 valence electrons. The van der Waals surface area contributed by atoms with Crippen molar-refractivity contribution in [1.82, 2.24) is 4.98 Å². The standard InChI is InChI=1S/C21H18F2N2O3S/c1-12-4-3-5-14(8-12)21-25-16(11-29-21)10-19(26)28-13(2)20(27)24-15-6-7-17(22)18(23)9-15/h3-9,11,13H,10H2,1-2H3,(H,24,27)/t13-/m1/s1. The summed E-state index contributed by atoms with van der Waals surface area (Å²) < 4.78 is 31.3. The number of hydrogen-bond acceptors (Lipinski definition) is 5. The van der Waals surface area contributed by atoms with Gasteiger partial charge in [-0.05, 0) is 32.0 Å². The number of hydrogen-bond donors (Lipinski definition) is 1. The van der Waals surface area contributed by atoms with Gasteiger partial charge >= 0.3 is 5.97 Å². The molecule has 2 aromatic carbocycles. The Balaban J connectivity index is 1.56. The molecule has 0 fully saturated rings. The normalized spacial score (nSPS) is 11.7. The SMILES string of the molecule is Cc1cccc(-c2nc(CC(=O)O[C@H](C)C(=O)Nc3ccc(F)c(F)c3)cs2)c1. The number of carbonyl (C=O) groups excluding carboxylic acids is 2. The van der Waals surface area contributed by atoms with Crippen LogP contribution < -0.4 is 5.32 Å². The number of aromatic nitrogens is 1. The third kappa shape index (κ3) is 5.45. The van der Waals surface area contributed by atoms with Crippen LogP contribution in [0.2, 0.25) is 0 Å². The molecule has 29 heavy (non-hydrogen) atoms. The highest BCUT2D eigenvalue weighted by Crippen LogP contribution is 2.24. The summed E-state index contributed by atoms with van der Waals surface area (Å²) in [5.41, 5.74) is 2.69. The molecule has 3 aromatic rings. The van der Waals surface area contributed by atoms with E-state index in [2.05, 4.69) is 10.3 Å². The molecule has 5 nitrogen and oxygen atoms in total. The van der Waals surface area contributed by atoms with Gasteiger partial charge in [0.05, 0.1) is 12.1 Å². The zero-order chi connectivity index (χ0) is 21.0. The third-order valence-electron chi connectivity index (χ3n) is 4.01. The maximum Gasteiger partial charge on any atom is 0.312 e. The van der Waals surface area contributed by atoms with Crippen molar-refractivity contribution in [3.8, 4) is 10.6 Å². The average molecular weight is 416 g/mol. The molecular formula is C21H18F2N2O3S. The van der Waals surface area contributed by atoms with E-state index in [0.29, 0.717) is 5.69 Å². The number of aryl methyl sites for hydroxylation is 1. The Hall–Kier alpha value is -3.13. The molecule has 1 amide bonds. The zero-order valence-electron chi connectivity index (χ0n) is 15.7. The Morgan fingerprint density at radius 2 is 1.97 bits per heavy atom. The van der Waals surface area contributed by atoms with Gasteiger partial charge in [-0.25, -0.2) is 13.8 Å². The van der Waals surface area contributed by atoms with Crippen molar-refractivity contribution in [1.29, 1.82) is 0 Å². The predicted molar refractivity (Wildman–Crippen MR) is 107 cm³/mol. The van der Waals surface area contributed by atoms with Crippen molar-refractivity contribution < 1.29 is 23.1 Å². The van der Waals surface area contributed by atoms with Crippen LogP contribution in [0.25, 0.3) is 10.6 Å². The molecule has 1 atom stereocenters. The summed E-state index contributed by atoms with van der Waals surface area (Å²) in [7, 11) is 0. The van der Waals surface area contributed by atoms with Crippen molar-refractivity contribution in [2.75, 3.05) is 5.32 Å². The molecule has 0 radical (unpaired) electrons. The van der Waals surface area contributed by atoms with E-state index in [1.807, 2.05) is 31.2 Å². The van der Waals surface area contributed by atoms with Gasteiger partial charge in [-0.3, -0.25) is 9.59 Å². The number of carbonyl (C=O) groups is 2. The van der Waals surface area contributed by atoms with E-state index in [1.54, 1.807) is 5.38 Å². The number of benzene rings is 2. The Labute approximate surface area is 170 Å². The van der Waals surface area contributed by atoms with Gasteiger partial charge in [-0.2, -0.15) is 0 Å². The number of esters is 1. The molecule has 3 rings (SSSR count). The third-order valence-corrected chi connectivity index (χ3v) is 4.95. The molecule has 1 heterocycles. The highest BCUT2D eigenvalue weighted by atomic mass is 32.1. The van der Waals surface area contributed by atoms with Gasteiger partial charge < -0.3 is 10.1 Å². The van der Waals surface area contributed by atoms with Crippen LogP contribution in [0.4, 0.5) is 14.5 Å². The minimum Gasteiger partial charge on any atom is -0.452 e. The van der Waals surface area contributed by atoms with Crippen LogP contribution in [-0.4, -0.2) is 23.0 Å². The first-order valence-corrected chi connectivity index (χ1v) is 9.66. The Bertz CT molecular complexity index is 1050. The summed E-state index contributed by atoms with van der Waals surface area (Å²) in [5.74, 6) is -3.36. The molecule has 0 unspecified atom stereocenters. The molecule has 8 heteroatoms. The summed E-state index contributed by atoms with van der Waals surface area (Å²) in [6.07, 6.45) is -1.18. The molecule has 0 aliphatic heterocycles. The number of ether oxygens (including phenoxy) is 1. The fraction of sp³-hybridized carbons (Fsp3) is 0.190. The zero-order valence-corrected chi connectivity index (χ0v) is 16.6. The minimum absolute atomic E-state index is 0.0686. The predicted octanol–water partition coefficient (Wildman–Crippen LogP) is 4.51. The van der Waals surface area contributed by atoms with Crippen LogP contribution in [0.1, 0.15) is 18.2 Å².